The van der Waals surface area contributed by atoms with Crippen LogP contribution in [-0.2, 0) is 0 Å². The molecule has 0 atom stereocenters. The second-order valence-corrected chi connectivity index (χ2v) is 4.78. The highest BCUT2D eigenvalue weighted by molar-refractivity contribution is 5.37. The highest BCUT2D eigenvalue weighted by Crippen LogP contribution is 2.39. The molecule has 19 heavy (non-hydrogen) atoms. The fraction of sp³-hybridized carbons (Fsp3) is 0.286. The molecule has 1 aromatic carbocycles. The van der Waals surface area contributed by atoms with Gasteiger partial charge in [-0.05, 0) is 31.4 Å². The average molecular weight is 259 g/mol. The van der Waals surface area contributed by atoms with E-state index in [1.807, 2.05) is 0 Å². The van der Waals surface area contributed by atoms with Gasteiger partial charge in [-0.2, -0.15) is 4.98 Å². The van der Waals surface area contributed by atoms with E-state index < -0.39 is 0 Å². The van der Waals surface area contributed by atoms with Crippen LogP contribution in [0, 0.1) is 12.7 Å². The lowest BCUT2D eigenvalue weighted by Gasteiger charge is -2.08. The lowest BCUT2D eigenvalue weighted by Crippen LogP contribution is -2.00. The van der Waals surface area contributed by atoms with Crippen molar-refractivity contribution >= 4 is 5.82 Å². The molecule has 0 bridgehead atoms. The van der Waals surface area contributed by atoms with Crippen LogP contribution in [0.2, 0.25) is 0 Å². The number of aromatic nitrogens is 2. The predicted octanol–water partition coefficient (Wildman–Crippen LogP) is 3.18. The van der Waals surface area contributed by atoms with Gasteiger partial charge in [-0.25, -0.2) is 9.37 Å². The Morgan fingerprint density at radius 1 is 1.26 bits per heavy atom. The Morgan fingerprint density at radius 3 is 2.74 bits per heavy atom. The van der Waals surface area contributed by atoms with Crippen LogP contribution in [0.15, 0.2) is 24.3 Å². The first kappa shape index (κ1) is 11.9. The van der Waals surface area contributed by atoms with Crippen LogP contribution in [-0.4, -0.2) is 9.97 Å². The zero-order valence-electron chi connectivity index (χ0n) is 10.6. The topological polar surface area (TPSA) is 61.0 Å². The number of benzene rings is 1. The van der Waals surface area contributed by atoms with E-state index in [0.717, 1.165) is 12.8 Å². The number of nitrogens with two attached hydrogens (primary N) is 1. The number of halogens is 1. The summed E-state index contributed by atoms with van der Waals surface area (Å²) in [4.78, 5) is 8.49. The molecule has 1 fully saturated rings. The standard InChI is InChI=1S/C14H14FN3O/c1-8-2-5-10(6-11(8)15)19-13-7-12(16)17-14(18-13)9-3-4-9/h2,5-7,9H,3-4H2,1H3,(H2,16,17,18). The number of anilines is 1. The van der Waals surface area contributed by atoms with Crippen LogP contribution in [0.1, 0.15) is 30.1 Å². The molecule has 0 unspecified atom stereocenters. The molecule has 0 radical (unpaired) electrons. The predicted molar refractivity (Wildman–Crippen MR) is 69.6 cm³/mol. The van der Waals surface area contributed by atoms with Crippen molar-refractivity contribution in [1.82, 2.24) is 9.97 Å². The van der Waals surface area contributed by atoms with Crippen LogP contribution < -0.4 is 10.5 Å². The molecule has 0 amide bonds. The van der Waals surface area contributed by atoms with Gasteiger partial charge in [0.05, 0.1) is 0 Å². The molecule has 1 saturated carbocycles. The lowest BCUT2D eigenvalue weighted by atomic mass is 10.2. The second-order valence-electron chi connectivity index (χ2n) is 4.78. The summed E-state index contributed by atoms with van der Waals surface area (Å²) >= 11 is 0. The highest BCUT2D eigenvalue weighted by Gasteiger charge is 2.27. The van der Waals surface area contributed by atoms with E-state index in [4.69, 9.17) is 10.5 Å². The molecule has 0 spiro atoms. The number of nitrogens with zero attached hydrogens (tertiary/aromatic N) is 2. The molecule has 1 aromatic heterocycles. The van der Waals surface area contributed by atoms with Crippen LogP contribution in [0.4, 0.5) is 10.2 Å². The average Bonchev–Trinajstić information content (AvgIpc) is 3.17. The monoisotopic (exact) mass is 259 g/mol. The van der Waals surface area contributed by atoms with Crippen molar-refractivity contribution in [3.8, 4) is 11.6 Å². The Bertz CT molecular complexity index is 626. The molecule has 2 aromatic rings. The maximum Gasteiger partial charge on any atom is 0.224 e. The number of ether oxygens (including phenoxy) is 1. The fourth-order valence-corrected chi connectivity index (χ4v) is 1.80. The first-order valence-electron chi connectivity index (χ1n) is 6.20. The summed E-state index contributed by atoms with van der Waals surface area (Å²) in [6.07, 6.45) is 2.17. The SMILES string of the molecule is Cc1ccc(Oc2cc(N)nc(C3CC3)n2)cc1F. The van der Waals surface area contributed by atoms with Gasteiger partial charge in [-0.3, -0.25) is 0 Å². The van der Waals surface area contributed by atoms with Crippen molar-refractivity contribution in [1.29, 1.82) is 0 Å². The second kappa shape index (κ2) is 4.50. The van der Waals surface area contributed by atoms with Gasteiger partial charge in [-0.1, -0.05) is 6.07 Å². The van der Waals surface area contributed by atoms with Crippen LogP contribution >= 0.6 is 0 Å². The maximum atomic E-state index is 13.4. The summed E-state index contributed by atoms with van der Waals surface area (Å²) in [6.45, 7) is 1.70. The zero-order chi connectivity index (χ0) is 13.4. The fourth-order valence-electron chi connectivity index (χ4n) is 1.80. The minimum Gasteiger partial charge on any atom is -0.439 e. The van der Waals surface area contributed by atoms with E-state index in [1.165, 1.54) is 6.07 Å². The van der Waals surface area contributed by atoms with Gasteiger partial charge in [0.15, 0.2) is 0 Å². The van der Waals surface area contributed by atoms with Crippen molar-refractivity contribution in [3.63, 3.8) is 0 Å². The van der Waals surface area contributed by atoms with Gasteiger partial charge in [-0.15, -0.1) is 0 Å². The van der Waals surface area contributed by atoms with Gasteiger partial charge in [0.1, 0.15) is 23.2 Å². The summed E-state index contributed by atoms with van der Waals surface area (Å²) in [5, 5.41) is 0. The Morgan fingerprint density at radius 2 is 2.05 bits per heavy atom. The summed E-state index contributed by atoms with van der Waals surface area (Å²) in [7, 11) is 0. The first-order valence-corrected chi connectivity index (χ1v) is 6.20. The molecule has 1 aliphatic rings. The highest BCUT2D eigenvalue weighted by atomic mass is 19.1. The Hall–Kier alpha value is -2.17. The van der Waals surface area contributed by atoms with E-state index >= 15 is 0 Å². The summed E-state index contributed by atoms with van der Waals surface area (Å²) in [5.41, 5.74) is 6.30. The Labute approximate surface area is 110 Å². The molecule has 5 heteroatoms. The third-order valence-electron chi connectivity index (χ3n) is 3.05. The Balaban J connectivity index is 1.87. The van der Waals surface area contributed by atoms with Crippen molar-refractivity contribution in [3.05, 3.63) is 41.5 Å². The molecular weight excluding hydrogens is 245 g/mol. The molecular formula is C14H14FN3O. The normalized spacial score (nSPS) is 14.4. The van der Waals surface area contributed by atoms with Gasteiger partial charge < -0.3 is 10.5 Å². The molecule has 2 N–H and O–H groups in total. The van der Waals surface area contributed by atoms with E-state index in [-0.39, 0.29) is 5.82 Å². The molecule has 3 rings (SSSR count). The molecule has 0 aliphatic heterocycles. The van der Waals surface area contributed by atoms with E-state index in [2.05, 4.69) is 9.97 Å². The molecule has 1 aliphatic carbocycles. The first-order chi connectivity index (χ1) is 9.11. The zero-order valence-corrected chi connectivity index (χ0v) is 10.6. The van der Waals surface area contributed by atoms with Crippen LogP contribution in [0.3, 0.4) is 0 Å². The lowest BCUT2D eigenvalue weighted by molar-refractivity contribution is 0.454. The number of nitrogen functional groups attached to an aromatic ring is 1. The third kappa shape index (κ3) is 2.65. The molecule has 0 saturated heterocycles. The van der Waals surface area contributed by atoms with Crippen molar-refractivity contribution in [2.45, 2.75) is 25.7 Å². The maximum absolute atomic E-state index is 13.4. The van der Waals surface area contributed by atoms with E-state index in [0.29, 0.717) is 34.8 Å². The van der Waals surface area contributed by atoms with Gasteiger partial charge in [0.2, 0.25) is 5.88 Å². The van der Waals surface area contributed by atoms with Crippen LogP contribution in [0.25, 0.3) is 0 Å². The minimum atomic E-state index is -0.304. The quantitative estimate of drug-likeness (QED) is 0.919. The minimum absolute atomic E-state index is 0.304. The number of aryl methyl sites for hydroxylation is 1. The summed E-state index contributed by atoms with van der Waals surface area (Å²) < 4.78 is 19.0. The molecule has 4 nitrogen and oxygen atoms in total. The number of rotatable bonds is 3. The smallest absolute Gasteiger partial charge is 0.224 e. The molecule has 1 heterocycles. The van der Waals surface area contributed by atoms with E-state index in [9.17, 15) is 4.39 Å². The largest absolute Gasteiger partial charge is 0.439 e. The van der Waals surface area contributed by atoms with Crippen molar-refractivity contribution < 1.29 is 9.13 Å². The number of hydrogen-bond acceptors (Lipinski definition) is 4. The van der Waals surface area contributed by atoms with Gasteiger partial charge in [0, 0.05) is 18.1 Å². The number of hydrogen-bond donors (Lipinski definition) is 1. The summed E-state index contributed by atoms with van der Waals surface area (Å²) in [6, 6.07) is 6.25. The third-order valence-corrected chi connectivity index (χ3v) is 3.05. The molecule has 98 valence electrons. The summed E-state index contributed by atoms with van der Waals surface area (Å²) in [5.74, 6) is 1.94. The van der Waals surface area contributed by atoms with Crippen molar-refractivity contribution in [2.24, 2.45) is 0 Å². The van der Waals surface area contributed by atoms with Crippen LogP contribution in [0.5, 0.6) is 11.6 Å². The van der Waals surface area contributed by atoms with Crippen molar-refractivity contribution in [2.75, 3.05) is 5.73 Å². The van der Waals surface area contributed by atoms with Gasteiger partial charge >= 0.3 is 0 Å². The Kier molecular flexibility index (Phi) is 2.81. The van der Waals surface area contributed by atoms with E-state index in [1.54, 1.807) is 25.1 Å². The van der Waals surface area contributed by atoms with Gasteiger partial charge in [0.25, 0.3) is 0 Å².